The highest BCUT2D eigenvalue weighted by Gasteiger charge is 2.08. The summed E-state index contributed by atoms with van der Waals surface area (Å²) < 4.78 is 4.96. The molecule has 0 bridgehead atoms. The lowest BCUT2D eigenvalue weighted by Crippen LogP contribution is -2.30. The maximum absolute atomic E-state index is 12.1. The van der Waals surface area contributed by atoms with Crippen LogP contribution < -0.4 is 15.4 Å². The summed E-state index contributed by atoms with van der Waals surface area (Å²) in [5, 5.41) is 6.16. The van der Waals surface area contributed by atoms with Gasteiger partial charge in [0.15, 0.2) is 0 Å². The van der Waals surface area contributed by atoms with Gasteiger partial charge in [-0.1, -0.05) is 29.8 Å². The van der Waals surface area contributed by atoms with Gasteiger partial charge in [0.25, 0.3) is 5.91 Å². The Morgan fingerprint density at radius 3 is 2.48 bits per heavy atom. The highest BCUT2D eigenvalue weighted by molar-refractivity contribution is 6.30. The second kappa shape index (κ2) is 10.3. The molecule has 2 aromatic carbocycles. The van der Waals surface area contributed by atoms with Crippen molar-refractivity contribution in [3.63, 3.8) is 0 Å². The van der Waals surface area contributed by atoms with Gasteiger partial charge in [0.2, 0.25) is 5.91 Å². The average molecular weight is 389 g/mol. The van der Waals surface area contributed by atoms with Gasteiger partial charge in [-0.15, -0.1) is 0 Å². The molecule has 0 saturated heterocycles. The molecule has 2 amide bonds. The number of benzene rings is 2. The Balaban J connectivity index is 1.68. The van der Waals surface area contributed by atoms with Crippen LogP contribution >= 0.6 is 11.6 Å². The fourth-order valence-corrected chi connectivity index (χ4v) is 2.59. The van der Waals surface area contributed by atoms with E-state index in [-0.39, 0.29) is 18.2 Å². The first kappa shape index (κ1) is 20.5. The van der Waals surface area contributed by atoms with Gasteiger partial charge in [0.1, 0.15) is 5.75 Å². The van der Waals surface area contributed by atoms with Crippen molar-refractivity contribution in [1.82, 2.24) is 10.6 Å². The molecule has 2 N–H and O–H groups in total. The second-order valence-electron chi connectivity index (χ2n) is 5.89. The minimum atomic E-state index is -0.443. The molecule has 0 aliphatic rings. The number of hydrogen-bond donors (Lipinski definition) is 2. The molecule has 6 nitrogen and oxygen atoms in total. The van der Waals surface area contributed by atoms with Gasteiger partial charge < -0.3 is 15.4 Å². The van der Waals surface area contributed by atoms with Crippen LogP contribution in [0.15, 0.2) is 48.5 Å². The highest BCUT2D eigenvalue weighted by Crippen LogP contribution is 2.13. The number of hydrogen-bond acceptors (Lipinski definition) is 4. The first-order chi connectivity index (χ1) is 12.9. The highest BCUT2D eigenvalue weighted by atomic mass is 35.5. The van der Waals surface area contributed by atoms with Gasteiger partial charge in [-0.3, -0.25) is 14.4 Å². The lowest BCUT2D eigenvalue weighted by atomic mass is 10.1. The van der Waals surface area contributed by atoms with Crippen LogP contribution in [0.3, 0.4) is 0 Å². The number of rotatable bonds is 8. The summed E-state index contributed by atoms with van der Waals surface area (Å²) in [6.45, 7) is 2.16. The zero-order valence-corrected chi connectivity index (χ0v) is 15.7. The van der Waals surface area contributed by atoms with E-state index in [0.717, 1.165) is 5.56 Å². The van der Waals surface area contributed by atoms with Crippen LogP contribution in [0.5, 0.6) is 5.75 Å². The molecule has 0 aromatic heterocycles. The zero-order chi connectivity index (χ0) is 19.6. The van der Waals surface area contributed by atoms with Gasteiger partial charge in [-0.05, 0) is 42.3 Å². The van der Waals surface area contributed by atoms with Crippen LogP contribution in [0.2, 0.25) is 5.02 Å². The lowest BCUT2D eigenvalue weighted by molar-refractivity contribution is -0.131. The SMILES string of the molecule is CC(=O)Oc1cccc(C(=O)NCCCNC(=O)Cc2cccc(Cl)c2)c1. The summed E-state index contributed by atoms with van der Waals surface area (Å²) in [6, 6.07) is 13.5. The predicted molar refractivity (Wildman–Crippen MR) is 103 cm³/mol. The number of carbonyl (C=O) groups is 3. The van der Waals surface area contributed by atoms with Gasteiger partial charge in [0, 0.05) is 30.6 Å². The third-order valence-corrected chi connectivity index (χ3v) is 3.81. The van der Waals surface area contributed by atoms with E-state index in [9.17, 15) is 14.4 Å². The van der Waals surface area contributed by atoms with Crippen molar-refractivity contribution >= 4 is 29.4 Å². The number of carbonyl (C=O) groups excluding carboxylic acids is 3. The van der Waals surface area contributed by atoms with Crippen molar-refractivity contribution in [3.8, 4) is 5.75 Å². The van der Waals surface area contributed by atoms with Gasteiger partial charge >= 0.3 is 5.97 Å². The Morgan fingerprint density at radius 1 is 1.00 bits per heavy atom. The smallest absolute Gasteiger partial charge is 0.308 e. The summed E-state index contributed by atoms with van der Waals surface area (Å²) in [4.78, 5) is 34.9. The van der Waals surface area contributed by atoms with Crippen molar-refractivity contribution in [3.05, 3.63) is 64.7 Å². The van der Waals surface area contributed by atoms with Crippen molar-refractivity contribution in [2.24, 2.45) is 0 Å². The van der Waals surface area contributed by atoms with E-state index in [2.05, 4.69) is 10.6 Å². The van der Waals surface area contributed by atoms with E-state index in [4.69, 9.17) is 16.3 Å². The van der Waals surface area contributed by atoms with E-state index in [1.807, 2.05) is 6.07 Å². The normalized spacial score (nSPS) is 10.1. The molecule has 0 radical (unpaired) electrons. The van der Waals surface area contributed by atoms with Crippen molar-refractivity contribution in [2.75, 3.05) is 13.1 Å². The molecule has 27 heavy (non-hydrogen) atoms. The third-order valence-electron chi connectivity index (χ3n) is 3.57. The molecule has 2 aromatic rings. The summed E-state index contributed by atoms with van der Waals surface area (Å²) in [5.41, 5.74) is 1.25. The van der Waals surface area contributed by atoms with Crippen LogP contribution in [0.25, 0.3) is 0 Å². The van der Waals surface area contributed by atoms with Crippen LogP contribution in [0, 0.1) is 0 Å². The topological polar surface area (TPSA) is 84.5 Å². The number of ether oxygens (including phenoxy) is 1. The maximum Gasteiger partial charge on any atom is 0.308 e. The van der Waals surface area contributed by atoms with E-state index >= 15 is 0 Å². The monoisotopic (exact) mass is 388 g/mol. The molecule has 0 aliphatic carbocycles. The Morgan fingerprint density at radius 2 is 1.74 bits per heavy atom. The summed E-state index contributed by atoms with van der Waals surface area (Å²) >= 11 is 5.89. The van der Waals surface area contributed by atoms with E-state index in [1.165, 1.54) is 13.0 Å². The fourth-order valence-electron chi connectivity index (χ4n) is 2.38. The zero-order valence-electron chi connectivity index (χ0n) is 15.0. The molecular formula is C20H21ClN2O4. The summed E-state index contributed by atoms with van der Waals surface area (Å²) in [7, 11) is 0. The van der Waals surface area contributed by atoms with Crippen LogP contribution in [0.1, 0.15) is 29.3 Å². The first-order valence-electron chi connectivity index (χ1n) is 8.52. The quantitative estimate of drug-likeness (QED) is 0.413. The van der Waals surface area contributed by atoms with Gasteiger partial charge in [-0.25, -0.2) is 0 Å². The summed E-state index contributed by atoms with van der Waals surface area (Å²) in [6.07, 6.45) is 0.854. The molecular weight excluding hydrogens is 368 g/mol. The molecule has 0 aliphatic heterocycles. The Labute approximate surface area is 162 Å². The van der Waals surface area contributed by atoms with Crippen LogP contribution in [0.4, 0.5) is 0 Å². The van der Waals surface area contributed by atoms with Crippen molar-refractivity contribution in [1.29, 1.82) is 0 Å². The number of esters is 1. The Bertz CT molecular complexity index is 823. The molecule has 0 heterocycles. The van der Waals surface area contributed by atoms with E-state index in [0.29, 0.717) is 35.8 Å². The van der Waals surface area contributed by atoms with Crippen molar-refractivity contribution in [2.45, 2.75) is 19.8 Å². The minimum absolute atomic E-state index is 0.0994. The van der Waals surface area contributed by atoms with Gasteiger partial charge in [0.05, 0.1) is 6.42 Å². The third kappa shape index (κ3) is 7.50. The second-order valence-corrected chi connectivity index (χ2v) is 6.32. The van der Waals surface area contributed by atoms with Gasteiger partial charge in [-0.2, -0.15) is 0 Å². The fraction of sp³-hybridized carbons (Fsp3) is 0.250. The largest absolute Gasteiger partial charge is 0.427 e. The van der Waals surface area contributed by atoms with E-state index in [1.54, 1.807) is 36.4 Å². The molecule has 0 fully saturated rings. The van der Waals surface area contributed by atoms with Crippen molar-refractivity contribution < 1.29 is 19.1 Å². The molecule has 0 unspecified atom stereocenters. The first-order valence-corrected chi connectivity index (χ1v) is 8.89. The van der Waals surface area contributed by atoms with Crippen LogP contribution in [-0.4, -0.2) is 30.9 Å². The standard InChI is InChI=1S/C20H21ClN2O4/c1-14(24)27-18-8-3-6-16(13-18)20(26)23-10-4-9-22-19(25)12-15-5-2-7-17(21)11-15/h2-3,5-8,11,13H,4,9-10,12H2,1H3,(H,22,25)(H,23,26). The molecule has 0 spiro atoms. The summed E-state index contributed by atoms with van der Waals surface area (Å²) in [5.74, 6) is -0.489. The molecule has 142 valence electrons. The average Bonchev–Trinajstić information content (AvgIpc) is 2.61. The Hall–Kier alpha value is -2.86. The number of nitrogens with one attached hydrogen (secondary N) is 2. The number of halogens is 1. The van der Waals surface area contributed by atoms with Crippen LogP contribution in [-0.2, 0) is 16.0 Å². The molecule has 7 heteroatoms. The van der Waals surface area contributed by atoms with E-state index < -0.39 is 5.97 Å². The Kier molecular flexibility index (Phi) is 7.82. The number of amides is 2. The minimum Gasteiger partial charge on any atom is -0.427 e. The molecule has 2 rings (SSSR count). The molecule has 0 atom stereocenters. The molecule has 0 saturated carbocycles. The lowest BCUT2D eigenvalue weighted by Gasteiger charge is -2.08. The predicted octanol–water partition coefficient (Wildman–Crippen LogP) is 2.74. The maximum atomic E-state index is 12.1.